The molecular weight excluding hydrogens is 1740 g/mol. The van der Waals surface area contributed by atoms with Crippen LogP contribution in [-0.2, 0) is 25.6 Å². The van der Waals surface area contributed by atoms with E-state index in [0.29, 0.717) is 55.5 Å². The number of benzene rings is 14. The van der Waals surface area contributed by atoms with Crippen LogP contribution in [0.5, 0.6) is 0 Å². The number of para-hydroxylation sites is 6. The molecule has 1 fully saturated rings. The van der Waals surface area contributed by atoms with Crippen molar-refractivity contribution in [2.24, 2.45) is 0 Å². The molecule has 7 heterocycles. The molecule has 6 aliphatic rings. The topological polar surface area (TPSA) is 208 Å². The minimum Gasteiger partial charge on any atom is -0.399 e. The van der Waals surface area contributed by atoms with E-state index in [1.807, 2.05) is 36.4 Å². The molecule has 130 heavy (non-hydrogen) atoms. The highest BCUT2D eigenvalue weighted by atomic mass is 79.9. The maximum atomic E-state index is 13.1. The van der Waals surface area contributed by atoms with Crippen molar-refractivity contribution in [1.29, 1.82) is 0 Å². The Hall–Kier alpha value is -13.8. The van der Waals surface area contributed by atoms with Crippen LogP contribution in [0.4, 0.5) is 51.2 Å². The number of allylic oxidation sites excluding steroid dienone is 1. The number of anilines is 9. The minimum absolute atomic E-state index is 0.0504. The molecule has 0 N–H and O–H groups in total. The molecule has 23 rings (SSSR count). The van der Waals surface area contributed by atoms with Crippen LogP contribution >= 0.6 is 51.1 Å². The molecule has 0 spiro atoms. The molecule has 3 aromatic heterocycles. The zero-order valence-corrected chi connectivity index (χ0v) is 76.8. The van der Waals surface area contributed by atoms with Gasteiger partial charge < -0.3 is 24.0 Å². The van der Waals surface area contributed by atoms with Gasteiger partial charge in [0.25, 0.3) is 0 Å². The maximum absolute atomic E-state index is 13.1. The lowest BCUT2D eigenvalue weighted by Gasteiger charge is -2.42. The third-order valence-corrected chi connectivity index (χ3v) is 28.2. The smallest absolute Gasteiger partial charge is 0.399 e. The summed E-state index contributed by atoms with van der Waals surface area (Å²) in [4.78, 5) is 77.3. The van der Waals surface area contributed by atoms with Crippen LogP contribution in [0, 0.1) is 0 Å². The van der Waals surface area contributed by atoms with Gasteiger partial charge in [-0.1, -0.05) is 242 Å². The van der Waals surface area contributed by atoms with E-state index in [1.54, 1.807) is 66.7 Å². The number of hydrogen-bond acceptors (Lipinski definition) is 20. The van der Waals surface area contributed by atoms with Crippen molar-refractivity contribution >= 4 is 190 Å². The molecule has 0 unspecified atom stereocenters. The lowest BCUT2D eigenvalue weighted by atomic mass is 9.69. The molecule has 1 saturated heterocycles. The Morgan fingerprint density at radius 2 is 0.646 bits per heavy atom. The van der Waals surface area contributed by atoms with Crippen LogP contribution in [0.2, 0.25) is 0 Å². The highest BCUT2D eigenvalue weighted by Gasteiger charge is 2.53. The fraction of sp³-hybridized carbons (Fsp3) is 0.148. The third kappa shape index (κ3) is 15.0. The molecule has 0 amide bonds. The van der Waals surface area contributed by atoms with Crippen LogP contribution < -0.4 is 20.2 Å². The Bertz CT molecular complexity index is 7390. The Kier molecular flexibility index (Phi) is 22.4. The number of fused-ring (bicyclic) bond motifs is 11. The van der Waals surface area contributed by atoms with Crippen molar-refractivity contribution in [3.05, 3.63) is 386 Å². The van der Waals surface area contributed by atoms with E-state index in [0.717, 1.165) is 119 Å². The monoisotopic (exact) mass is 1820 g/mol. The second-order valence-electron chi connectivity index (χ2n) is 35.3. The Morgan fingerprint density at radius 1 is 0.323 bits per heavy atom. The van der Waals surface area contributed by atoms with E-state index in [-0.39, 0.29) is 69.7 Å². The molecule has 22 heteroatoms. The second kappa shape index (κ2) is 34.0. The van der Waals surface area contributed by atoms with E-state index in [4.69, 9.17) is 9.31 Å². The third-order valence-electron chi connectivity index (χ3n) is 26.0. The Morgan fingerprint density at radius 3 is 1.06 bits per heavy atom. The lowest BCUT2D eigenvalue weighted by molar-refractivity contribution is 0.00578. The molecular formula is C108H85BBrN9O8S3. The van der Waals surface area contributed by atoms with Gasteiger partial charge in [0.1, 0.15) is 33.1 Å². The van der Waals surface area contributed by atoms with Gasteiger partial charge in [0, 0.05) is 87.9 Å². The first-order chi connectivity index (χ1) is 62.8. The zero-order valence-electron chi connectivity index (χ0n) is 72.8. The van der Waals surface area contributed by atoms with Gasteiger partial charge in [-0.05, 0) is 203 Å². The summed E-state index contributed by atoms with van der Waals surface area (Å²) in [6, 6.07) is 103. The number of Topliss-reactive ketones (excluding diaryl/α,β-unsaturated/α-hetero) is 4. The predicted octanol–water partition coefficient (Wildman–Crippen LogP) is 26.0. The first-order valence-electron chi connectivity index (χ1n) is 42.8. The van der Waals surface area contributed by atoms with E-state index < -0.39 is 0 Å². The molecule has 2 aliphatic carbocycles. The number of ketones is 4. The number of hydrogen-bond donors (Lipinski definition) is 0. The molecule has 0 radical (unpaired) electrons. The van der Waals surface area contributed by atoms with Crippen LogP contribution in [0.3, 0.4) is 0 Å². The summed E-state index contributed by atoms with van der Waals surface area (Å²) in [5.41, 5.74) is 30.4. The normalized spacial score (nSPS) is 15.6. The summed E-state index contributed by atoms with van der Waals surface area (Å²) in [5, 5.41) is 0. The van der Waals surface area contributed by atoms with Gasteiger partial charge in [-0.3, -0.25) is 28.8 Å². The van der Waals surface area contributed by atoms with Gasteiger partial charge in [0.15, 0.2) is 35.7 Å². The summed E-state index contributed by atoms with van der Waals surface area (Å²) in [7, 11) is -0.367. The molecule has 14 aromatic carbocycles. The van der Waals surface area contributed by atoms with Gasteiger partial charge in [-0.15, -0.1) is 0 Å². The molecule has 0 bridgehead atoms. The van der Waals surface area contributed by atoms with Crippen molar-refractivity contribution in [1.82, 2.24) is 26.2 Å². The molecule has 638 valence electrons. The zero-order chi connectivity index (χ0) is 90.3. The minimum atomic E-state index is -0.367. The molecule has 17 aromatic rings. The highest BCUT2D eigenvalue weighted by Crippen LogP contribution is 2.57. The van der Waals surface area contributed by atoms with E-state index in [2.05, 4.69) is 332 Å². The van der Waals surface area contributed by atoms with Crippen LogP contribution in [0.1, 0.15) is 177 Å². The number of carbonyl (C=O) groups is 6. The number of aldehydes is 2. The standard InChI is InChI=1S/C37H25N3O2S.C28H21N3OS.C27H30BNO2.C9H6O2.C7H3BrN2OS/c1-37(2)29-14-8-9-15-31(29)40(24-10-4-3-5-11-24)32-19-17-22(21-30(32)37)25-18-16-23(33-34(25)39-43-38-33)20-28-35(41)26-12-6-7-13-27(26)36(28)42;1-28(2)22-10-6-7-11-24(22)31(20-8-4-3-5-9-20)25-15-13-18(16-23(25)28)21-14-12-19(17-32)26-27(21)30-33-29-26;1-25(2)21-14-10-11-15-23(21)29(20-12-8-7-9-13-20)24-17-16-19(18-22(24)25)28-30-26(3,4)27(5,6)31-28;10-8-5-9(11)7-4-2-1-3-6(7)8;8-5-2-1-4(3-11)6-7(5)10-12-9-6/h3-21H,1-2H3;3-17H,1-2H3;7-18H,1-6H3;1-4H,5H2;1-3H. The second-order valence-corrected chi connectivity index (χ2v) is 37.7. The van der Waals surface area contributed by atoms with E-state index >= 15 is 0 Å². The fourth-order valence-corrected chi connectivity index (χ4v) is 20.7. The summed E-state index contributed by atoms with van der Waals surface area (Å²) < 4.78 is 39.8. The summed E-state index contributed by atoms with van der Waals surface area (Å²) in [5.74, 6) is -0.599. The number of rotatable bonds is 9. The largest absolute Gasteiger partial charge is 0.494 e. The van der Waals surface area contributed by atoms with Crippen molar-refractivity contribution in [3.8, 4) is 22.3 Å². The average molecular weight is 1820 g/mol. The Labute approximate surface area is 774 Å². The Balaban J connectivity index is 0.000000113. The van der Waals surface area contributed by atoms with Gasteiger partial charge >= 0.3 is 7.12 Å². The van der Waals surface area contributed by atoms with Crippen molar-refractivity contribution in [2.75, 3.05) is 14.7 Å². The summed E-state index contributed by atoms with van der Waals surface area (Å²) in [6.07, 6.45) is 3.36. The highest BCUT2D eigenvalue weighted by molar-refractivity contribution is 9.10. The number of halogens is 1. The first kappa shape index (κ1) is 85.6. The van der Waals surface area contributed by atoms with Crippen LogP contribution in [-0.4, -0.2) is 80.3 Å². The van der Waals surface area contributed by atoms with Gasteiger partial charge in [0.05, 0.1) is 92.5 Å². The predicted molar refractivity (Wildman–Crippen MR) is 527 cm³/mol. The number of aromatic nitrogens is 6. The summed E-state index contributed by atoms with van der Waals surface area (Å²) in [6.45, 7) is 22.1. The quantitative estimate of drug-likeness (QED) is 0.0433. The maximum Gasteiger partial charge on any atom is 0.494 e. The molecule has 0 saturated carbocycles. The van der Waals surface area contributed by atoms with Crippen LogP contribution in [0.15, 0.2) is 313 Å². The molecule has 4 aliphatic heterocycles. The number of carbonyl (C=O) groups excluding carboxylic acids is 6. The van der Waals surface area contributed by atoms with Crippen molar-refractivity contribution < 1.29 is 38.1 Å². The molecule has 0 atom stereocenters. The van der Waals surface area contributed by atoms with Gasteiger partial charge in [-0.2, -0.15) is 26.2 Å². The first-order valence-corrected chi connectivity index (χ1v) is 45.8. The van der Waals surface area contributed by atoms with Crippen molar-refractivity contribution in [2.45, 2.75) is 103 Å². The van der Waals surface area contributed by atoms with Crippen molar-refractivity contribution in [3.63, 3.8) is 0 Å². The summed E-state index contributed by atoms with van der Waals surface area (Å²) >= 11 is 6.71. The van der Waals surface area contributed by atoms with Gasteiger partial charge in [0.2, 0.25) is 0 Å². The number of nitrogens with zero attached hydrogens (tertiary/aromatic N) is 9. The average Bonchev–Trinajstić information content (AvgIpc) is 0.916. The lowest BCUT2D eigenvalue weighted by Crippen LogP contribution is -2.41. The van der Waals surface area contributed by atoms with Gasteiger partial charge in [-0.25, -0.2) is 0 Å². The fourth-order valence-electron chi connectivity index (χ4n) is 18.4. The molecule has 17 nitrogen and oxygen atoms in total. The van der Waals surface area contributed by atoms with E-state index in [1.165, 1.54) is 61.8 Å². The van der Waals surface area contributed by atoms with E-state index in [9.17, 15) is 28.8 Å². The van der Waals surface area contributed by atoms with Crippen LogP contribution in [0.25, 0.3) is 61.4 Å². The SMILES string of the molecule is CC1(C)c2ccccc2N(c2ccccc2)c2ccc(-c3ccc(C=C4C(=O)c5ccccc5C4=O)c4nsnc34)cc21.CC1(C)c2ccccc2N(c2ccccc2)c2ccc(-c3ccc(C=O)c4nsnc34)cc21.CC1(C)c2ccccc2N(c2ccccc2)c2ccc(B3OC(C)(C)C(C)(C)O3)cc21.O=C1CC(=O)c2ccccc21.O=Cc1ccc(Br)c2nsnc12.